The second-order valence-corrected chi connectivity index (χ2v) is 14.6. The van der Waals surface area contributed by atoms with E-state index in [2.05, 4.69) is 25.8 Å². The molecule has 0 radical (unpaired) electrons. The number of β-lactam (4-membered cyclic amide) rings is 1. The topological polar surface area (TPSA) is 188 Å². The van der Waals surface area contributed by atoms with E-state index in [4.69, 9.17) is 15.2 Å². The van der Waals surface area contributed by atoms with Crippen LogP contribution in [0.5, 0.6) is 0 Å². The van der Waals surface area contributed by atoms with Gasteiger partial charge >= 0.3 is 11.9 Å². The summed E-state index contributed by atoms with van der Waals surface area (Å²) >= 11 is 4.02. The lowest BCUT2D eigenvalue weighted by atomic mass is 9.87. The summed E-state index contributed by atoms with van der Waals surface area (Å²) in [6, 6.07) is -0.824. The third-order valence-electron chi connectivity index (χ3n) is 7.85. The maximum atomic E-state index is 13.7. The molecule has 2 amide bonds. The van der Waals surface area contributed by atoms with Crippen LogP contribution in [0.15, 0.2) is 21.8 Å². The van der Waals surface area contributed by atoms with Gasteiger partial charge in [0, 0.05) is 36.8 Å². The monoisotopic (exact) mass is 693 g/mol. The number of thiazole rings is 1. The van der Waals surface area contributed by atoms with Crippen molar-refractivity contribution in [3.05, 3.63) is 22.3 Å². The maximum absolute atomic E-state index is 13.7. The molecule has 3 atom stereocenters. The molecule has 2 aliphatic heterocycles. The number of anilines is 1. The van der Waals surface area contributed by atoms with Crippen LogP contribution in [-0.2, 0) is 41.6 Å². The Kier molecular flexibility index (Phi) is 11.6. The van der Waals surface area contributed by atoms with Crippen LogP contribution in [-0.4, -0.2) is 109 Å². The number of amides is 2. The number of hydrogen-bond donors (Lipinski definition) is 2. The second-order valence-electron chi connectivity index (χ2n) is 11.7. The number of likely N-dealkylation sites (N-methyl/N-ethyl adjacent to an activating group) is 1. The highest BCUT2D eigenvalue weighted by Gasteiger charge is 2.54. The number of aromatic nitrogens is 5. The number of nitrogens with zero attached hydrogens (tertiary/aromatic N) is 7. The number of nitrogens with one attached hydrogen (secondary N) is 1. The Morgan fingerprint density at radius 2 is 2.00 bits per heavy atom. The number of hydrogen-bond acceptors (Lipinski definition) is 15. The Bertz CT molecular complexity index is 1460. The molecule has 2 aromatic heterocycles. The number of tetrazole rings is 1. The molecule has 3 aliphatic rings. The van der Waals surface area contributed by atoms with Crippen molar-refractivity contribution in [3.63, 3.8) is 0 Å². The number of nitrogen functional groups attached to an aromatic ring is 1. The van der Waals surface area contributed by atoms with Crippen molar-refractivity contribution in [2.45, 2.75) is 81.3 Å². The van der Waals surface area contributed by atoms with E-state index in [9.17, 15) is 19.2 Å². The largest absolute Gasteiger partial charge is 0.425 e. The Balaban J connectivity index is 1.27. The van der Waals surface area contributed by atoms with Gasteiger partial charge in [-0.1, -0.05) is 31.0 Å². The molecule has 18 heteroatoms. The minimum absolute atomic E-state index is 0.0201. The first-order valence-corrected chi connectivity index (χ1v) is 18.1. The predicted molar refractivity (Wildman–Crippen MR) is 172 cm³/mol. The molecule has 46 heavy (non-hydrogen) atoms. The quantitative estimate of drug-likeness (QED) is 0.126. The van der Waals surface area contributed by atoms with Crippen LogP contribution in [0.4, 0.5) is 5.13 Å². The molecule has 1 saturated carbocycles. The van der Waals surface area contributed by atoms with Crippen LogP contribution in [0, 0.1) is 5.92 Å². The average Bonchev–Trinajstić information content (AvgIpc) is 3.65. The van der Waals surface area contributed by atoms with Gasteiger partial charge in [-0.15, -0.1) is 28.2 Å². The summed E-state index contributed by atoms with van der Waals surface area (Å²) in [6.07, 6.45) is 4.48. The Hall–Kier alpha value is -3.22. The number of fused-ring (bicyclic) bond motifs is 1. The van der Waals surface area contributed by atoms with Crippen molar-refractivity contribution in [1.82, 2.24) is 40.3 Å². The van der Waals surface area contributed by atoms with E-state index in [0.717, 1.165) is 32.2 Å². The van der Waals surface area contributed by atoms with Gasteiger partial charge in [0.05, 0.1) is 18.7 Å². The normalized spacial score (nSPS) is 20.7. The van der Waals surface area contributed by atoms with E-state index < -0.39 is 35.6 Å². The highest BCUT2D eigenvalue weighted by molar-refractivity contribution is 8.01. The Morgan fingerprint density at radius 3 is 2.72 bits per heavy atom. The van der Waals surface area contributed by atoms with Crippen LogP contribution in [0.2, 0.25) is 0 Å². The molecule has 1 unspecified atom stereocenters. The van der Waals surface area contributed by atoms with Crippen molar-refractivity contribution < 1.29 is 28.7 Å². The van der Waals surface area contributed by atoms with Crippen LogP contribution in [0.3, 0.4) is 0 Å². The minimum atomic E-state index is -1.14. The van der Waals surface area contributed by atoms with Crippen molar-refractivity contribution in [2.24, 2.45) is 5.92 Å². The lowest BCUT2D eigenvalue weighted by Gasteiger charge is -2.49. The Morgan fingerprint density at radius 1 is 1.22 bits per heavy atom. The first-order valence-electron chi connectivity index (χ1n) is 15.2. The van der Waals surface area contributed by atoms with Crippen LogP contribution < -0.4 is 11.1 Å². The molecule has 0 spiro atoms. The van der Waals surface area contributed by atoms with Crippen molar-refractivity contribution in [2.75, 3.05) is 37.9 Å². The van der Waals surface area contributed by atoms with Gasteiger partial charge in [-0.05, 0) is 48.9 Å². The number of carbonyl (C=O) groups is 4. The average molecular weight is 694 g/mol. The molecule has 1 aliphatic carbocycles. The first kappa shape index (κ1) is 34.1. The molecule has 250 valence electrons. The van der Waals surface area contributed by atoms with E-state index in [1.54, 1.807) is 10.1 Å². The number of carbonyl (C=O) groups excluding carboxylic acids is 4. The zero-order chi connectivity index (χ0) is 32.8. The Labute approximate surface area is 279 Å². The molecule has 0 bridgehead atoms. The van der Waals surface area contributed by atoms with Gasteiger partial charge in [0.25, 0.3) is 5.91 Å². The van der Waals surface area contributed by atoms with Crippen molar-refractivity contribution >= 4 is 63.7 Å². The molecular weight excluding hydrogens is 655 g/mol. The third-order valence-corrected chi connectivity index (χ3v) is 11.0. The first-order chi connectivity index (χ1) is 22.1. The third kappa shape index (κ3) is 8.57. The number of rotatable bonds is 14. The van der Waals surface area contributed by atoms with Crippen LogP contribution in [0.25, 0.3) is 0 Å². The molecule has 2 aromatic rings. The van der Waals surface area contributed by atoms with E-state index in [0.29, 0.717) is 39.6 Å². The molecule has 15 nitrogen and oxygen atoms in total. The van der Waals surface area contributed by atoms with Gasteiger partial charge in [-0.25, -0.2) is 14.5 Å². The van der Waals surface area contributed by atoms with E-state index >= 15 is 0 Å². The summed E-state index contributed by atoms with van der Waals surface area (Å²) in [5.74, 6) is -1.01. The van der Waals surface area contributed by atoms with E-state index in [1.165, 1.54) is 53.1 Å². The second kappa shape index (κ2) is 15.6. The number of thioether (sulfide) groups is 2. The molecule has 4 heterocycles. The fourth-order valence-electron chi connectivity index (χ4n) is 5.55. The molecule has 5 rings (SSSR count). The molecule has 1 saturated heterocycles. The number of ether oxygens (including phenoxy) is 2. The van der Waals surface area contributed by atoms with Crippen LogP contribution in [0.1, 0.15) is 51.1 Å². The maximum Gasteiger partial charge on any atom is 0.358 e. The van der Waals surface area contributed by atoms with E-state index in [-0.39, 0.29) is 30.4 Å². The summed E-state index contributed by atoms with van der Waals surface area (Å²) in [7, 11) is 3.91. The fourth-order valence-corrected chi connectivity index (χ4v) is 8.50. The van der Waals surface area contributed by atoms with Gasteiger partial charge in [0.15, 0.2) is 5.13 Å². The highest BCUT2D eigenvalue weighted by Crippen LogP contribution is 2.42. The highest BCUT2D eigenvalue weighted by atomic mass is 32.2. The van der Waals surface area contributed by atoms with Gasteiger partial charge < -0.3 is 25.4 Å². The summed E-state index contributed by atoms with van der Waals surface area (Å²) in [5.41, 5.74) is 6.92. The molecular formula is C28H39N9O6S3. The number of esters is 2. The smallest absolute Gasteiger partial charge is 0.358 e. The zero-order valence-electron chi connectivity index (χ0n) is 26.0. The number of nitrogens with two attached hydrogens (primary N) is 1. The summed E-state index contributed by atoms with van der Waals surface area (Å²) < 4.78 is 12.7. The van der Waals surface area contributed by atoms with Gasteiger partial charge in [0.2, 0.25) is 17.4 Å². The van der Waals surface area contributed by atoms with Crippen molar-refractivity contribution in [3.8, 4) is 0 Å². The summed E-state index contributed by atoms with van der Waals surface area (Å²) in [4.78, 5) is 59.9. The van der Waals surface area contributed by atoms with Gasteiger partial charge in [-0.3, -0.25) is 19.3 Å². The van der Waals surface area contributed by atoms with E-state index in [1.807, 2.05) is 19.0 Å². The SMILES string of the molecule is CC(OC(=O)CC1CCCCC1)OC(=O)C1=C(CSc2nnnn2CCN(C)C)CS[C@@H]2[C@H](NC(=O)Cc3csc(N)n3)C(=O)N12. The molecule has 3 N–H and O–H groups in total. The predicted octanol–water partition coefficient (Wildman–Crippen LogP) is 1.67. The van der Waals surface area contributed by atoms with Crippen LogP contribution >= 0.6 is 34.9 Å². The lowest BCUT2D eigenvalue weighted by Crippen LogP contribution is -2.70. The molecule has 2 fully saturated rings. The van der Waals surface area contributed by atoms with Gasteiger partial charge in [-0.2, -0.15) is 0 Å². The van der Waals surface area contributed by atoms with Crippen molar-refractivity contribution in [1.29, 1.82) is 0 Å². The summed E-state index contributed by atoms with van der Waals surface area (Å²) in [6.45, 7) is 2.81. The standard InChI is InChI=1S/C28H39N9O6S3/c1-16(42-21(39)11-17-7-5-4-6-8-17)43-26(41)23-18(14-46-28-32-33-34-36(28)10-9-35(2)3)13-44-25-22(24(40)37(23)25)31-20(38)12-19-15-45-27(29)30-19/h15-17,22,25H,4-14H2,1-3H3,(H2,29,30)(H,31,38)/t16?,22-,25-/m1/s1. The zero-order valence-corrected chi connectivity index (χ0v) is 28.5. The minimum Gasteiger partial charge on any atom is -0.425 e. The van der Waals surface area contributed by atoms with Gasteiger partial charge in [0.1, 0.15) is 17.1 Å². The summed E-state index contributed by atoms with van der Waals surface area (Å²) in [5, 5.41) is 16.9. The lowest BCUT2D eigenvalue weighted by molar-refractivity contribution is -0.185. The molecule has 0 aromatic carbocycles. The fraction of sp³-hybridized carbons (Fsp3) is 0.643.